The van der Waals surface area contributed by atoms with E-state index in [4.69, 9.17) is 11.5 Å². The lowest BCUT2D eigenvalue weighted by atomic mass is 9.57. The Bertz CT molecular complexity index is 252. The lowest BCUT2D eigenvalue weighted by Crippen LogP contribution is -2.68. The molecule has 0 aromatic heterocycles. The SMILES string of the molecule is CCC1CC2CCC1(N)C1(N)CC21. The van der Waals surface area contributed by atoms with Gasteiger partial charge >= 0.3 is 0 Å². The van der Waals surface area contributed by atoms with Gasteiger partial charge in [-0.1, -0.05) is 13.3 Å². The Hall–Kier alpha value is -0.0800. The minimum atomic E-state index is 0.00116. The first-order valence-corrected chi connectivity index (χ1v) is 5.69. The second-order valence-corrected chi connectivity index (χ2v) is 5.53. The highest BCUT2D eigenvalue weighted by atomic mass is 15.0. The highest BCUT2D eigenvalue weighted by molar-refractivity contribution is 5.30. The van der Waals surface area contributed by atoms with Crippen LogP contribution in [0, 0.1) is 17.8 Å². The Labute approximate surface area is 80.1 Å². The number of hydrogen-bond acceptors (Lipinski definition) is 2. The lowest BCUT2D eigenvalue weighted by molar-refractivity contribution is 0.0377. The summed E-state index contributed by atoms with van der Waals surface area (Å²) in [6, 6.07) is 0. The first-order chi connectivity index (χ1) is 6.12. The second kappa shape index (κ2) is 2.12. The van der Waals surface area contributed by atoms with Crippen LogP contribution < -0.4 is 11.5 Å². The third-order valence-corrected chi connectivity index (χ3v) is 5.23. The van der Waals surface area contributed by atoms with Gasteiger partial charge in [0.1, 0.15) is 0 Å². The molecule has 4 aliphatic carbocycles. The van der Waals surface area contributed by atoms with Crippen LogP contribution in [0.4, 0.5) is 0 Å². The van der Waals surface area contributed by atoms with Gasteiger partial charge in [-0.05, 0) is 43.4 Å². The molecule has 0 radical (unpaired) electrons. The number of nitrogens with two attached hydrogens (primary N) is 2. The molecule has 13 heavy (non-hydrogen) atoms. The van der Waals surface area contributed by atoms with Gasteiger partial charge in [0.2, 0.25) is 0 Å². The molecule has 4 saturated carbocycles. The van der Waals surface area contributed by atoms with Gasteiger partial charge in [0, 0.05) is 11.1 Å². The van der Waals surface area contributed by atoms with E-state index in [0.717, 1.165) is 11.8 Å². The first kappa shape index (κ1) is 8.25. The number of fused-ring (bicyclic) bond motifs is 2. The fourth-order valence-electron chi connectivity index (χ4n) is 4.26. The van der Waals surface area contributed by atoms with Crippen LogP contribution >= 0.6 is 0 Å². The summed E-state index contributed by atoms with van der Waals surface area (Å²) >= 11 is 0. The van der Waals surface area contributed by atoms with E-state index in [-0.39, 0.29) is 11.1 Å². The van der Waals surface area contributed by atoms with Crippen LogP contribution in [0.1, 0.15) is 39.0 Å². The minimum absolute atomic E-state index is 0.00116. The predicted octanol–water partition coefficient (Wildman–Crippen LogP) is 1.24. The monoisotopic (exact) mass is 180 g/mol. The van der Waals surface area contributed by atoms with Gasteiger partial charge in [-0.15, -0.1) is 0 Å². The molecular weight excluding hydrogens is 160 g/mol. The molecule has 0 spiro atoms. The molecule has 0 amide bonds. The summed E-state index contributed by atoms with van der Waals surface area (Å²) in [6.45, 7) is 2.26. The lowest BCUT2D eigenvalue weighted by Gasteiger charge is -2.53. The summed E-state index contributed by atoms with van der Waals surface area (Å²) in [6.07, 6.45) is 6.32. The van der Waals surface area contributed by atoms with Crippen molar-refractivity contribution >= 4 is 0 Å². The third kappa shape index (κ3) is 0.736. The highest BCUT2D eigenvalue weighted by Gasteiger charge is 2.72. The molecule has 2 bridgehead atoms. The van der Waals surface area contributed by atoms with Crippen molar-refractivity contribution in [2.24, 2.45) is 29.2 Å². The van der Waals surface area contributed by atoms with Crippen LogP contribution in [0.25, 0.3) is 0 Å². The van der Waals surface area contributed by atoms with E-state index in [1.165, 1.54) is 32.1 Å². The van der Waals surface area contributed by atoms with Crippen LogP contribution in [-0.2, 0) is 0 Å². The van der Waals surface area contributed by atoms with Crippen molar-refractivity contribution in [1.29, 1.82) is 0 Å². The molecule has 0 aromatic carbocycles. The zero-order valence-corrected chi connectivity index (χ0v) is 8.42. The Kier molecular flexibility index (Phi) is 1.34. The van der Waals surface area contributed by atoms with E-state index < -0.39 is 0 Å². The van der Waals surface area contributed by atoms with E-state index in [1.807, 2.05) is 0 Å². The normalized spacial score (nSPS) is 63.5. The van der Waals surface area contributed by atoms with Crippen molar-refractivity contribution in [2.75, 3.05) is 0 Å². The van der Waals surface area contributed by atoms with Crippen LogP contribution in [0.15, 0.2) is 0 Å². The number of rotatable bonds is 1. The molecule has 4 rings (SSSR count). The maximum Gasteiger partial charge on any atom is 0.0375 e. The molecule has 2 nitrogen and oxygen atoms in total. The third-order valence-electron chi connectivity index (χ3n) is 5.23. The van der Waals surface area contributed by atoms with Gasteiger partial charge in [0.15, 0.2) is 0 Å². The summed E-state index contributed by atoms with van der Waals surface area (Å²) in [7, 11) is 0. The van der Waals surface area contributed by atoms with Crippen LogP contribution in [0.3, 0.4) is 0 Å². The van der Waals surface area contributed by atoms with Crippen molar-refractivity contribution < 1.29 is 0 Å². The standard InChI is InChI=1S/C11H20N2/c1-2-8-5-7-3-4-10(8,12)11(13)6-9(7)11/h7-9H,2-6,12-13H2,1H3. The second-order valence-electron chi connectivity index (χ2n) is 5.53. The highest BCUT2D eigenvalue weighted by Crippen LogP contribution is 2.66. The van der Waals surface area contributed by atoms with Crippen molar-refractivity contribution in [3.63, 3.8) is 0 Å². The summed E-state index contributed by atoms with van der Waals surface area (Å²) in [5.74, 6) is 2.41. The zero-order chi connectivity index (χ0) is 9.27. The van der Waals surface area contributed by atoms with Crippen molar-refractivity contribution in [3.05, 3.63) is 0 Å². The molecule has 2 heteroatoms. The Morgan fingerprint density at radius 3 is 2.77 bits per heavy atom. The molecular formula is C11H20N2. The van der Waals surface area contributed by atoms with Gasteiger partial charge in [0.25, 0.3) is 0 Å². The average molecular weight is 180 g/mol. The maximum atomic E-state index is 6.55. The summed E-state index contributed by atoms with van der Waals surface area (Å²) < 4.78 is 0. The molecule has 5 atom stereocenters. The molecule has 5 unspecified atom stereocenters. The first-order valence-electron chi connectivity index (χ1n) is 5.69. The summed E-state index contributed by atoms with van der Waals surface area (Å²) in [5.41, 5.74) is 13.0. The molecule has 74 valence electrons. The van der Waals surface area contributed by atoms with Crippen LogP contribution in [0.5, 0.6) is 0 Å². The molecule has 0 aliphatic heterocycles. The predicted molar refractivity (Wildman–Crippen MR) is 53.1 cm³/mol. The minimum Gasteiger partial charge on any atom is -0.323 e. The van der Waals surface area contributed by atoms with E-state index in [9.17, 15) is 0 Å². The molecule has 0 saturated heterocycles. The summed E-state index contributed by atoms with van der Waals surface area (Å²) in [5, 5.41) is 0. The van der Waals surface area contributed by atoms with Crippen molar-refractivity contribution in [2.45, 2.75) is 50.1 Å². The van der Waals surface area contributed by atoms with E-state index in [1.54, 1.807) is 0 Å². The van der Waals surface area contributed by atoms with Crippen molar-refractivity contribution in [3.8, 4) is 0 Å². The average Bonchev–Trinajstić information content (AvgIpc) is 2.81. The van der Waals surface area contributed by atoms with E-state index >= 15 is 0 Å². The summed E-state index contributed by atoms with van der Waals surface area (Å²) in [4.78, 5) is 0. The van der Waals surface area contributed by atoms with Gasteiger partial charge in [-0.25, -0.2) is 0 Å². The van der Waals surface area contributed by atoms with Gasteiger partial charge in [-0.2, -0.15) is 0 Å². The largest absolute Gasteiger partial charge is 0.323 e. The van der Waals surface area contributed by atoms with E-state index in [2.05, 4.69) is 6.92 Å². The van der Waals surface area contributed by atoms with Crippen molar-refractivity contribution in [1.82, 2.24) is 0 Å². The smallest absolute Gasteiger partial charge is 0.0375 e. The Morgan fingerprint density at radius 1 is 1.31 bits per heavy atom. The molecule has 4 aliphatic rings. The Morgan fingerprint density at radius 2 is 2.08 bits per heavy atom. The van der Waals surface area contributed by atoms with Crippen LogP contribution in [-0.4, -0.2) is 11.1 Å². The topological polar surface area (TPSA) is 52.0 Å². The molecule has 0 heterocycles. The van der Waals surface area contributed by atoms with Gasteiger partial charge in [0.05, 0.1) is 0 Å². The zero-order valence-electron chi connectivity index (χ0n) is 8.42. The molecule has 4 N–H and O–H groups in total. The number of hydrogen-bond donors (Lipinski definition) is 2. The van der Waals surface area contributed by atoms with Crippen LogP contribution in [0.2, 0.25) is 0 Å². The fraction of sp³-hybridized carbons (Fsp3) is 1.00. The Balaban J connectivity index is 2.00. The quantitative estimate of drug-likeness (QED) is 0.638. The maximum absolute atomic E-state index is 6.55. The molecule has 4 fully saturated rings. The fourth-order valence-corrected chi connectivity index (χ4v) is 4.26. The molecule has 0 aromatic rings. The van der Waals surface area contributed by atoms with Gasteiger partial charge in [-0.3, -0.25) is 0 Å². The van der Waals surface area contributed by atoms with E-state index in [0.29, 0.717) is 5.92 Å². The van der Waals surface area contributed by atoms with Gasteiger partial charge < -0.3 is 11.5 Å².